The van der Waals surface area contributed by atoms with Crippen molar-refractivity contribution >= 4 is 40.3 Å². The molecule has 220 valence electrons. The Morgan fingerprint density at radius 1 is 1.24 bits per heavy atom. The van der Waals surface area contributed by atoms with E-state index in [4.69, 9.17) is 10.5 Å². The van der Waals surface area contributed by atoms with Crippen molar-refractivity contribution in [2.24, 2.45) is 5.73 Å². The molecule has 0 spiro atoms. The number of rotatable bonds is 14. The average molecular weight is 581 g/mol. The Labute approximate surface area is 245 Å². The number of aromatic amines is 1. The highest BCUT2D eigenvalue weighted by atomic mass is 32.2. The molecule has 41 heavy (non-hydrogen) atoms. The number of amides is 2. The van der Waals surface area contributed by atoms with E-state index in [9.17, 15) is 14.4 Å². The van der Waals surface area contributed by atoms with Crippen LogP contribution in [0.1, 0.15) is 30.5 Å². The van der Waals surface area contributed by atoms with E-state index >= 15 is 0 Å². The predicted molar refractivity (Wildman–Crippen MR) is 161 cm³/mol. The molecule has 0 aliphatic carbocycles. The molecule has 1 fully saturated rings. The van der Waals surface area contributed by atoms with Crippen LogP contribution < -0.4 is 11.1 Å². The summed E-state index contributed by atoms with van der Waals surface area (Å²) in [5, 5.41) is 5.12. The zero-order chi connectivity index (χ0) is 29.2. The maximum Gasteiger partial charge on any atom is 0.328 e. The van der Waals surface area contributed by atoms with Crippen LogP contribution in [0, 0.1) is 0 Å². The average Bonchev–Trinajstić information content (AvgIpc) is 3.67. The third-order valence-corrected chi connectivity index (χ3v) is 8.15. The normalized spacial score (nSPS) is 16.6. The molecule has 3 atom stereocenters. The van der Waals surface area contributed by atoms with Crippen molar-refractivity contribution in [3.05, 3.63) is 66.2 Å². The topological polar surface area (TPSA) is 134 Å². The Bertz CT molecular complexity index is 1300. The Balaban J connectivity index is 1.51. The molecule has 1 aliphatic rings. The van der Waals surface area contributed by atoms with Gasteiger partial charge >= 0.3 is 5.97 Å². The van der Waals surface area contributed by atoms with Gasteiger partial charge in [-0.05, 0) is 47.6 Å². The summed E-state index contributed by atoms with van der Waals surface area (Å²) in [5.41, 5.74) is 8.15. The number of nitrogens with two attached hydrogens (primary N) is 1. The van der Waals surface area contributed by atoms with E-state index in [-0.39, 0.29) is 24.4 Å². The number of nitrogens with one attached hydrogen (secondary N) is 2. The minimum Gasteiger partial charge on any atom is -0.467 e. The smallest absolute Gasteiger partial charge is 0.328 e. The summed E-state index contributed by atoms with van der Waals surface area (Å²) >= 11 is 1.61. The van der Waals surface area contributed by atoms with Crippen molar-refractivity contribution in [3.8, 4) is 0 Å². The molecule has 1 aliphatic heterocycles. The lowest BCUT2D eigenvalue weighted by Crippen LogP contribution is -2.52. The number of H-pyrrole nitrogens is 1. The van der Waals surface area contributed by atoms with E-state index in [0.29, 0.717) is 32.5 Å². The van der Waals surface area contributed by atoms with E-state index in [1.54, 1.807) is 24.3 Å². The number of thioether (sulfide) groups is 1. The van der Waals surface area contributed by atoms with Crippen LogP contribution in [0.25, 0.3) is 10.8 Å². The van der Waals surface area contributed by atoms with E-state index in [1.165, 1.54) is 7.11 Å². The standard InChI is InChI=1S/C30H40N6O4S/c1-40-30(39)27(12-14-41-2)34-28(37)19-35(17-22-9-5-8-21-7-3-4-11-25(21)22)18-24-10-6-13-36(24)29(38)26(31)15-23-16-32-20-33-23/h3-5,7-9,11,16,20,24,26-27H,6,10,12-15,17-19,31H2,1-2H3,(H,32,33)(H,34,37)/t24-,26-,27-/m0/s1. The summed E-state index contributed by atoms with van der Waals surface area (Å²) in [4.78, 5) is 50.0. The molecule has 0 bridgehead atoms. The van der Waals surface area contributed by atoms with Crippen LogP contribution in [0.5, 0.6) is 0 Å². The van der Waals surface area contributed by atoms with Gasteiger partial charge in [0, 0.05) is 38.3 Å². The minimum absolute atomic E-state index is 0.0772. The molecule has 4 rings (SSSR count). The quantitative estimate of drug-likeness (QED) is 0.248. The number of fused-ring (bicyclic) bond motifs is 1. The molecule has 2 amide bonds. The molecule has 4 N–H and O–H groups in total. The Morgan fingerprint density at radius 2 is 2.05 bits per heavy atom. The van der Waals surface area contributed by atoms with Gasteiger partial charge in [0.1, 0.15) is 6.04 Å². The number of aromatic nitrogens is 2. The zero-order valence-corrected chi connectivity index (χ0v) is 24.6. The minimum atomic E-state index is -0.705. The first-order valence-electron chi connectivity index (χ1n) is 14.0. The summed E-state index contributed by atoms with van der Waals surface area (Å²) < 4.78 is 4.93. The van der Waals surface area contributed by atoms with Gasteiger partial charge in [0.2, 0.25) is 11.8 Å². The second-order valence-electron chi connectivity index (χ2n) is 10.4. The molecule has 0 unspecified atom stereocenters. The zero-order valence-electron chi connectivity index (χ0n) is 23.8. The Kier molecular flexibility index (Phi) is 11.2. The molecule has 3 aromatic rings. The SMILES string of the molecule is COC(=O)[C@H](CCSC)NC(=O)CN(Cc1cccc2ccccc12)C[C@@H]1CCCN1C(=O)[C@@H](N)Cc1c[nH]cn1. The number of benzene rings is 2. The molecule has 11 heteroatoms. The van der Waals surface area contributed by atoms with E-state index in [0.717, 1.165) is 40.6 Å². The summed E-state index contributed by atoms with van der Waals surface area (Å²) in [6.07, 6.45) is 7.83. The largest absolute Gasteiger partial charge is 0.467 e. The number of carbonyl (C=O) groups excluding carboxylic acids is 3. The van der Waals surface area contributed by atoms with Crippen LogP contribution in [-0.4, -0.2) is 94.4 Å². The van der Waals surface area contributed by atoms with Gasteiger partial charge in [0.05, 0.1) is 31.7 Å². The van der Waals surface area contributed by atoms with Crippen molar-refractivity contribution in [2.45, 2.75) is 50.4 Å². The Morgan fingerprint density at radius 3 is 2.80 bits per heavy atom. The molecule has 0 radical (unpaired) electrons. The second-order valence-corrected chi connectivity index (χ2v) is 11.4. The molecular formula is C30H40N6O4S. The van der Waals surface area contributed by atoms with Crippen LogP contribution >= 0.6 is 11.8 Å². The van der Waals surface area contributed by atoms with E-state index in [1.807, 2.05) is 29.4 Å². The number of imidazole rings is 1. The number of nitrogens with zero attached hydrogens (tertiary/aromatic N) is 3. The van der Waals surface area contributed by atoms with Gasteiger partial charge in [-0.1, -0.05) is 42.5 Å². The summed E-state index contributed by atoms with van der Waals surface area (Å²) in [6, 6.07) is 12.9. The lowest BCUT2D eigenvalue weighted by molar-refractivity contribution is -0.145. The van der Waals surface area contributed by atoms with Crippen molar-refractivity contribution in [1.82, 2.24) is 25.1 Å². The van der Waals surface area contributed by atoms with Gasteiger partial charge in [-0.15, -0.1) is 0 Å². The fourth-order valence-electron chi connectivity index (χ4n) is 5.47. The number of hydrogen-bond acceptors (Lipinski definition) is 8. The lowest BCUT2D eigenvalue weighted by Gasteiger charge is -2.32. The predicted octanol–water partition coefficient (Wildman–Crippen LogP) is 2.34. The van der Waals surface area contributed by atoms with Crippen LogP contribution in [0.4, 0.5) is 0 Å². The molecule has 10 nitrogen and oxygen atoms in total. The van der Waals surface area contributed by atoms with Gasteiger partial charge in [-0.2, -0.15) is 11.8 Å². The summed E-state index contributed by atoms with van der Waals surface area (Å²) in [6.45, 7) is 1.73. The van der Waals surface area contributed by atoms with Crippen LogP contribution in [0.15, 0.2) is 55.0 Å². The molecule has 2 heterocycles. The third kappa shape index (κ3) is 8.31. The lowest BCUT2D eigenvalue weighted by atomic mass is 10.0. The number of carbonyl (C=O) groups is 3. The maximum atomic E-state index is 13.4. The highest BCUT2D eigenvalue weighted by Gasteiger charge is 2.34. The molecule has 0 saturated carbocycles. The highest BCUT2D eigenvalue weighted by Crippen LogP contribution is 2.23. The van der Waals surface area contributed by atoms with Gasteiger partial charge < -0.3 is 25.7 Å². The molecule has 1 saturated heterocycles. The fraction of sp³-hybridized carbons (Fsp3) is 0.467. The van der Waals surface area contributed by atoms with Gasteiger partial charge in [-0.3, -0.25) is 14.5 Å². The van der Waals surface area contributed by atoms with Crippen LogP contribution in [0.2, 0.25) is 0 Å². The first-order chi connectivity index (χ1) is 19.9. The number of ether oxygens (including phenoxy) is 1. The van der Waals surface area contributed by atoms with Crippen molar-refractivity contribution in [2.75, 3.05) is 38.8 Å². The highest BCUT2D eigenvalue weighted by molar-refractivity contribution is 7.98. The summed E-state index contributed by atoms with van der Waals surface area (Å²) in [7, 11) is 1.33. The van der Waals surface area contributed by atoms with Crippen molar-refractivity contribution in [1.29, 1.82) is 0 Å². The Hall–Kier alpha value is -3.41. The number of likely N-dealkylation sites (tertiary alicyclic amines) is 1. The second kappa shape index (κ2) is 15.0. The number of esters is 1. The van der Waals surface area contributed by atoms with Gasteiger partial charge in [0.25, 0.3) is 0 Å². The van der Waals surface area contributed by atoms with Gasteiger partial charge in [0.15, 0.2) is 0 Å². The summed E-state index contributed by atoms with van der Waals surface area (Å²) in [5.74, 6) is -0.0931. The fourth-order valence-corrected chi connectivity index (χ4v) is 5.94. The third-order valence-electron chi connectivity index (χ3n) is 7.50. The maximum absolute atomic E-state index is 13.4. The molecule has 1 aromatic heterocycles. The van der Waals surface area contributed by atoms with Crippen LogP contribution in [0.3, 0.4) is 0 Å². The van der Waals surface area contributed by atoms with E-state index < -0.39 is 18.1 Å². The first-order valence-corrected chi connectivity index (χ1v) is 15.4. The van der Waals surface area contributed by atoms with Gasteiger partial charge in [-0.25, -0.2) is 9.78 Å². The number of hydrogen-bond donors (Lipinski definition) is 3. The molecular weight excluding hydrogens is 540 g/mol. The van der Waals surface area contributed by atoms with Crippen molar-refractivity contribution in [3.63, 3.8) is 0 Å². The monoisotopic (exact) mass is 580 g/mol. The first kappa shape index (κ1) is 30.5. The van der Waals surface area contributed by atoms with E-state index in [2.05, 4.69) is 44.5 Å². The van der Waals surface area contributed by atoms with Crippen molar-refractivity contribution < 1.29 is 19.1 Å². The number of methoxy groups -OCH3 is 1. The van der Waals surface area contributed by atoms with Crippen LogP contribution in [-0.2, 0) is 32.1 Å². The molecule has 2 aromatic carbocycles.